The second-order valence-corrected chi connectivity index (χ2v) is 4.44. The Bertz CT molecular complexity index is 347. The Morgan fingerprint density at radius 1 is 1.64 bits per heavy atom. The van der Waals surface area contributed by atoms with Crippen LogP contribution in [0.25, 0.3) is 0 Å². The number of methoxy groups -OCH3 is 1. The van der Waals surface area contributed by atoms with Gasteiger partial charge in [-0.3, -0.25) is 4.72 Å². The van der Waals surface area contributed by atoms with E-state index in [-0.39, 0.29) is 11.7 Å². The maximum absolute atomic E-state index is 11.3. The van der Waals surface area contributed by atoms with Crippen LogP contribution < -0.4 is 4.72 Å². The quantitative estimate of drug-likeness (QED) is 0.635. The van der Waals surface area contributed by atoms with Gasteiger partial charge in [-0.25, -0.2) is 13.5 Å². The Labute approximate surface area is 81.9 Å². The third-order valence-electron chi connectivity index (χ3n) is 1.43. The van der Waals surface area contributed by atoms with Gasteiger partial charge in [0.2, 0.25) is 16.0 Å². The largest absolute Gasteiger partial charge is 0.385 e. The van der Waals surface area contributed by atoms with Gasteiger partial charge in [-0.2, -0.15) is 10.1 Å². The summed E-state index contributed by atoms with van der Waals surface area (Å²) in [5.74, 6) is 0.129. The lowest BCUT2D eigenvalue weighted by atomic mass is 10.5. The summed E-state index contributed by atoms with van der Waals surface area (Å²) < 4.78 is 29.6. The molecule has 0 aliphatic heterocycles. The molecule has 1 rings (SSSR count). The smallest absolute Gasteiger partial charge is 0.235 e. The van der Waals surface area contributed by atoms with Gasteiger partial charge in [-0.15, -0.1) is 0 Å². The first-order chi connectivity index (χ1) is 6.64. The summed E-state index contributed by atoms with van der Waals surface area (Å²) in [6, 6.07) is 0. The second kappa shape index (κ2) is 4.91. The molecule has 7 nitrogen and oxygen atoms in total. The molecule has 0 fully saturated rings. The molecular formula is C6H12N4O3S. The zero-order valence-electron chi connectivity index (χ0n) is 7.73. The first-order valence-electron chi connectivity index (χ1n) is 3.99. The number of ether oxygens (including phenoxy) is 1. The molecule has 0 aromatic carbocycles. The predicted molar refractivity (Wildman–Crippen MR) is 50.3 cm³/mol. The number of sulfonamides is 1. The van der Waals surface area contributed by atoms with Crippen LogP contribution in [0.3, 0.4) is 0 Å². The van der Waals surface area contributed by atoms with Crippen molar-refractivity contribution in [1.82, 2.24) is 15.2 Å². The van der Waals surface area contributed by atoms with E-state index in [4.69, 9.17) is 4.74 Å². The number of hydrogen-bond donors (Lipinski definition) is 2. The van der Waals surface area contributed by atoms with Crippen molar-refractivity contribution in [1.29, 1.82) is 0 Å². The van der Waals surface area contributed by atoms with E-state index in [1.54, 1.807) is 0 Å². The van der Waals surface area contributed by atoms with Gasteiger partial charge < -0.3 is 4.74 Å². The molecule has 0 spiro atoms. The van der Waals surface area contributed by atoms with E-state index in [2.05, 4.69) is 19.9 Å². The van der Waals surface area contributed by atoms with Gasteiger partial charge >= 0.3 is 0 Å². The minimum Gasteiger partial charge on any atom is -0.385 e. The van der Waals surface area contributed by atoms with Crippen LogP contribution in [0.2, 0.25) is 0 Å². The van der Waals surface area contributed by atoms with Crippen molar-refractivity contribution < 1.29 is 13.2 Å². The average Bonchev–Trinajstić information content (AvgIpc) is 2.56. The number of anilines is 1. The number of aromatic nitrogens is 3. The van der Waals surface area contributed by atoms with Crippen molar-refractivity contribution in [2.75, 3.05) is 24.2 Å². The van der Waals surface area contributed by atoms with E-state index >= 15 is 0 Å². The van der Waals surface area contributed by atoms with E-state index in [0.29, 0.717) is 13.0 Å². The molecule has 1 aromatic rings. The fourth-order valence-electron chi connectivity index (χ4n) is 0.846. The maximum atomic E-state index is 11.3. The van der Waals surface area contributed by atoms with Gasteiger partial charge in [0.1, 0.15) is 6.33 Å². The number of rotatable bonds is 6. The minimum absolute atomic E-state index is 0.00153. The monoisotopic (exact) mass is 220 g/mol. The molecule has 0 amide bonds. The number of aromatic amines is 1. The molecular weight excluding hydrogens is 208 g/mol. The minimum atomic E-state index is -3.34. The van der Waals surface area contributed by atoms with Gasteiger partial charge in [0.15, 0.2) is 0 Å². The fourth-order valence-corrected chi connectivity index (χ4v) is 1.84. The molecule has 2 N–H and O–H groups in total. The topological polar surface area (TPSA) is 97.0 Å². The van der Waals surface area contributed by atoms with Gasteiger partial charge in [0.25, 0.3) is 0 Å². The highest BCUT2D eigenvalue weighted by atomic mass is 32.2. The molecule has 14 heavy (non-hydrogen) atoms. The molecule has 0 saturated carbocycles. The van der Waals surface area contributed by atoms with E-state index < -0.39 is 10.0 Å². The predicted octanol–water partition coefficient (Wildman–Crippen LogP) is -0.417. The van der Waals surface area contributed by atoms with E-state index in [9.17, 15) is 8.42 Å². The summed E-state index contributed by atoms with van der Waals surface area (Å²) in [6.07, 6.45) is 1.67. The van der Waals surface area contributed by atoms with Crippen LogP contribution in [-0.4, -0.2) is 43.1 Å². The molecule has 0 aliphatic rings. The van der Waals surface area contributed by atoms with Crippen LogP contribution >= 0.6 is 0 Å². The lowest BCUT2D eigenvalue weighted by molar-refractivity contribution is 0.199. The highest BCUT2D eigenvalue weighted by molar-refractivity contribution is 7.92. The number of H-pyrrole nitrogens is 1. The lowest BCUT2D eigenvalue weighted by Gasteiger charge is -2.03. The van der Waals surface area contributed by atoms with Crippen molar-refractivity contribution in [2.45, 2.75) is 6.42 Å². The Morgan fingerprint density at radius 2 is 2.43 bits per heavy atom. The average molecular weight is 220 g/mol. The van der Waals surface area contributed by atoms with Crippen molar-refractivity contribution in [3.05, 3.63) is 6.33 Å². The summed E-state index contributed by atoms with van der Waals surface area (Å²) in [5, 5.41) is 5.92. The Balaban J connectivity index is 2.42. The first kappa shape index (κ1) is 10.9. The van der Waals surface area contributed by atoms with E-state index in [1.165, 1.54) is 13.4 Å². The summed E-state index contributed by atoms with van der Waals surface area (Å²) in [7, 11) is -1.82. The highest BCUT2D eigenvalue weighted by Gasteiger charge is 2.10. The number of nitrogens with one attached hydrogen (secondary N) is 2. The SMILES string of the molecule is COCCCS(=O)(=O)Nc1ncn[nH]1. The molecule has 0 aliphatic carbocycles. The van der Waals surface area contributed by atoms with Crippen LogP contribution in [0.1, 0.15) is 6.42 Å². The second-order valence-electron chi connectivity index (χ2n) is 2.60. The van der Waals surface area contributed by atoms with Crippen molar-refractivity contribution >= 4 is 16.0 Å². The summed E-state index contributed by atoms with van der Waals surface area (Å²) in [5.41, 5.74) is 0. The summed E-state index contributed by atoms with van der Waals surface area (Å²) in [6.45, 7) is 0.414. The normalized spacial score (nSPS) is 11.5. The Morgan fingerprint density at radius 3 is 3.00 bits per heavy atom. The fraction of sp³-hybridized carbons (Fsp3) is 0.667. The summed E-state index contributed by atoms with van der Waals surface area (Å²) >= 11 is 0. The van der Waals surface area contributed by atoms with Crippen LogP contribution in [0.4, 0.5) is 5.95 Å². The van der Waals surface area contributed by atoms with Crippen molar-refractivity contribution in [3.8, 4) is 0 Å². The maximum Gasteiger partial charge on any atom is 0.235 e. The molecule has 1 aromatic heterocycles. The molecule has 0 unspecified atom stereocenters. The zero-order chi connectivity index (χ0) is 10.4. The van der Waals surface area contributed by atoms with Gasteiger partial charge in [-0.05, 0) is 6.42 Å². The Kier molecular flexibility index (Phi) is 3.84. The van der Waals surface area contributed by atoms with Gasteiger partial charge in [0.05, 0.1) is 5.75 Å². The van der Waals surface area contributed by atoms with E-state index in [0.717, 1.165) is 0 Å². The third kappa shape index (κ3) is 3.71. The first-order valence-corrected chi connectivity index (χ1v) is 5.64. The molecule has 0 atom stereocenters. The molecule has 8 heteroatoms. The summed E-state index contributed by atoms with van der Waals surface area (Å²) in [4.78, 5) is 3.64. The zero-order valence-corrected chi connectivity index (χ0v) is 8.54. The highest BCUT2D eigenvalue weighted by Crippen LogP contribution is 2.00. The molecule has 0 bridgehead atoms. The standard InChI is InChI=1S/C6H12N4O3S/c1-13-3-2-4-14(11,12)10-6-7-5-8-9-6/h5H,2-4H2,1H3,(H2,7,8,9,10). The molecule has 0 radical (unpaired) electrons. The number of nitrogens with zero attached hydrogens (tertiary/aromatic N) is 2. The van der Waals surface area contributed by atoms with Crippen LogP contribution in [-0.2, 0) is 14.8 Å². The van der Waals surface area contributed by atoms with Crippen LogP contribution in [0.5, 0.6) is 0 Å². The molecule has 0 saturated heterocycles. The molecule has 1 heterocycles. The van der Waals surface area contributed by atoms with Gasteiger partial charge in [-0.1, -0.05) is 0 Å². The van der Waals surface area contributed by atoms with Crippen molar-refractivity contribution in [2.24, 2.45) is 0 Å². The third-order valence-corrected chi connectivity index (χ3v) is 2.76. The molecule has 80 valence electrons. The van der Waals surface area contributed by atoms with Crippen LogP contribution in [0.15, 0.2) is 6.33 Å². The number of hydrogen-bond acceptors (Lipinski definition) is 5. The Hall–Kier alpha value is -1.15. The van der Waals surface area contributed by atoms with E-state index in [1.807, 2.05) is 0 Å². The van der Waals surface area contributed by atoms with Crippen LogP contribution in [0, 0.1) is 0 Å². The van der Waals surface area contributed by atoms with Gasteiger partial charge in [0, 0.05) is 13.7 Å². The van der Waals surface area contributed by atoms with Crippen molar-refractivity contribution in [3.63, 3.8) is 0 Å². The lowest BCUT2D eigenvalue weighted by Crippen LogP contribution is -2.18.